The maximum Gasteiger partial charge on any atom is 0.246 e. The molecule has 2 aliphatic carbocycles. The summed E-state index contributed by atoms with van der Waals surface area (Å²) >= 11 is 9.42. The van der Waals surface area contributed by atoms with E-state index in [1.54, 1.807) is 0 Å². The van der Waals surface area contributed by atoms with Gasteiger partial charge < -0.3 is 14.5 Å². The first-order chi connectivity index (χ1) is 23.4. The summed E-state index contributed by atoms with van der Waals surface area (Å²) in [6.07, 6.45) is 15.8. The van der Waals surface area contributed by atoms with Gasteiger partial charge in [-0.3, -0.25) is 15.0 Å². The fourth-order valence-electron chi connectivity index (χ4n) is 9.97. The minimum absolute atomic E-state index is 0.0201. The molecule has 1 aromatic carbocycles. The van der Waals surface area contributed by atoms with Crippen LogP contribution in [0.5, 0.6) is 0 Å². The van der Waals surface area contributed by atoms with E-state index in [1.807, 2.05) is 16.7 Å². The lowest BCUT2D eigenvalue weighted by atomic mass is 9.72. The molecule has 6 aliphatic rings. The molecule has 5 fully saturated rings. The average Bonchev–Trinajstić information content (AvgIpc) is 3.32. The highest BCUT2D eigenvalue weighted by Crippen LogP contribution is 2.55. The topological polar surface area (TPSA) is 75.1 Å². The zero-order valence-electron chi connectivity index (χ0n) is 28.8. The number of nitrogens with zero attached hydrogens (tertiary/aromatic N) is 5. The van der Waals surface area contributed by atoms with Crippen molar-refractivity contribution in [3.8, 4) is 6.07 Å². The lowest BCUT2D eigenvalue weighted by molar-refractivity contribution is -0.214. The van der Waals surface area contributed by atoms with Crippen LogP contribution in [0.4, 0.5) is 0 Å². The van der Waals surface area contributed by atoms with Crippen LogP contribution in [-0.4, -0.2) is 112 Å². The van der Waals surface area contributed by atoms with Crippen LogP contribution in [-0.2, 0) is 16.0 Å². The largest absolute Gasteiger partial charge is 0.348 e. The number of halogens is 1. The Morgan fingerprint density at radius 2 is 1.94 bits per heavy atom. The molecule has 1 amide bonds. The lowest BCUT2D eigenvalue weighted by Gasteiger charge is -2.61. The zero-order chi connectivity index (χ0) is 33.3. The summed E-state index contributed by atoms with van der Waals surface area (Å²) in [5.74, 6) is 0.335. The van der Waals surface area contributed by atoms with E-state index < -0.39 is 0 Å². The number of piperazine rings is 1. The van der Waals surface area contributed by atoms with Gasteiger partial charge in [0.1, 0.15) is 0 Å². The van der Waals surface area contributed by atoms with Crippen LogP contribution < -0.4 is 5.32 Å². The van der Waals surface area contributed by atoms with Gasteiger partial charge in [0.05, 0.1) is 36.7 Å². The molecule has 2 saturated carbocycles. The molecule has 262 valence electrons. The Kier molecular flexibility index (Phi) is 11.1. The number of ether oxygens (including phenoxy) is 1. The number of likely N-dealkylation sites (tertiary alicyclic amines) is 1. The fourth-order valence-corrected chi connectivity index (χ4v) is 12.0. The zero-order valence-corrected chi connectivity index (χ0v) is 30.4. The molecule has 7 unspecified atom stereocenters. The van der Waals surface area contributed by atoms with Gasteiger partial charge in [0, 0.05) is 53.3 Å². The first-order valence-electron chi connectivity index (χ1n) is 18.7. The van der Waals surface area contributed by atoms with Gasteiger partial charge in [-0.2, -0.15) is 5.26 Å². The molecule has 4 aliphatic heterocycles. The Morgan fingerprint density at radius 1 is 1.12 bits per heavy atom. The summed E-state index contributed by atoms with van der Waals surface area (Å²) in [4.78, 5) is 24.1. The normalized spacial score (nSPS) is 37.0. The summed E-state index contributed by atoms with van der Waals surface area (Å²) in [6.45, 7) is 7.75. The van der Waals surface area contributed by atoms with Gasteiger partial charge in [-0.15, -0.1) is 23.4 Å². The van der Waals surface area contributed by atoms with E-state index in [0.717, 1.165) is 45.4 Å². The second kappa shape index (κ2) is 15.3. The number of alkyl halides is 1. The van der Waals surface area contributed by atoms with Crippen LogP contribution in [0.3, 0.4) is 0 Å². The molecular weight excluding hydrogens is 640 g/mol. The third-order valence-electron chi connectivity index (χ3n) is 12.6. The Balaban J connectivity index is 1.23. The second-order valence-electron chi connectivity index (χ2n) is 15.3. The van der Waals surface area contributed by atoms with E-state index in [0.29, 0.717) is 37.5 Å². The molecule has 1 spiro atoms. The van der Waals surface area contributed by atoms with Gasteiger partial charge >= 0.3 is 0 Å². The molecule has 7 rings (SSSR count). The smallest absolute Gasteiger partial charge is 0.246 e. The van der Waals surface area contributed by atoms with Crippen LogP contribution in [0, 0.1) is 17.2 Å². The number of nitrogens with one attached hydrogen (secondary N) is 1. The van der Waals surface area contributed by atoms with E-state index in [2.05, 4.69) is 64.0 Å². The molecule has 0 aromatic heterocycles. The van der Waals surface area contributed by atoms with Crippen molar-refractivity contribution in [2.45, 2.75) is 135 Å². The molecule has 1 aromatic rings. The number of likely N-dealkylation sites (N-methyl/N-ethyl adjacent to an activating group) is 1. The number of carbonyl (C=O) groups excluding carboxylic acids is 1. The van der Waals surface area contributed by atoms with Crippen LogP contribution in [0.15, 0.2) is 41.8 Å². The number of hydrogen-bond donors (Lipinski definition) is 1. The van der Waals surface area contributed by atoms with Crippen LogP contribution >= 0.6 is 23.4 Å². The molecular formula is C38H55ClN6O2S. The predicted molar refractivity (Wildman–Crippen MR) is 193 cm³/mol. The number of nitriles is 1. The van der Waals surface area contributed by atoms with Crippen molar-refractivity contribution in [2.24, 2.45) is 5.92 Å². The number of carbonyl (C=O) groups is 1. The molecule has 3 saturated heterocycles. The van der Waals surface area contributed by atoms with Crippen molar-refractivity contribution in [3.63, 3.8) is 0 Å². The highest BCUT2D eigenvalue weighted by Gasteiger charge is 2.56. The summed E-state index contributed by atoms with van der Waals surface area (Å²) in [7, 11) is 2.24. The maximum absolute atomic E-state index is 12.9. The second-order valence-corrected chi connectivity index (χ2v) is 17.3. The standard InChI is InChI=1S/C38H55ClN6O2S/c1-3-35(46)44-22-21-43(25-29(44)17-19-40)36-31-16-18-38(34(39)23-27-11-8-9-15-33(27)48-38)24-32(31)41-37(47-26-30-14-10-20-42(30)2)45(36)28-12-6-4-5-7-13-28/h3,8-9,11,15,28-32,34,36-37,41H,1,4-7,10,12-14,16-18,20-26H2,2H3/t29?,30?,31?,32?,34?,36?,37?,38-/m0/s1. The monoisotopic (exact) mass is 694 g/mol. The van der Waals surface area contributed by atoms with Crippen LogP contribution in [0.1, 0.15) is 82.6 Å². The first kappa shape index (κ1) is 34.8. The van der Waals surface area contributed by atoms with Crippen LogP contribution in [0.25, 0.3) is 0 Å². The van der Waals surface area contributed by atoms with E-state index in [9.17, 15) is 10.1 Å². The summed E-state index contributed by atoms with van der Waals surface area (Å²) in [6, 6.07) is 12.2. The minimum Gasteiger partial charge on any atom is -0.348 e. The molecule has 8 nitrogen and oxygen atoms in total. The molecule has 48 heavy (non-hydrogen) atoms. The number of fused-ring (bicyclic) bond motifs is 2. The Morgan fingerprint density at radius 3 is 2.69 bits per heavy atom. The van der Waals surface area contributed by atoms with Crippen molar-refractivity contribution in [3.05, 3.63) is 42.5 Å². The highest BCUT2D eigenvalue weighted by atomic mass is 35.5. The van der Waals surface area contributed by atoms with Crippen molar-refractivity contribution < 1.29 is 9.53 Å². The molecule has 1 N–H and O–H groups in total. The number of rotatable bonds is 7. The molecule has 10 heteroatoms. The van der Waals surface area contributed by atoms with E-state index in [1.165, 1.54) is 67.9 Å². The van der Waals surface area contributed by atoms with Crippen molar-refractivity contribution >= 4 is 29.3 Å². The van der Waals surface area contributed by atoms with Crippen LogP contribution in [0.2, 0.25) is 0 Å². The Bertz CT molecular complexity index is 1340. The molecule has 4 heterocycles. The van der Waals surface area contributed by atoms with Crippen molar-refractivity contribution in [1.82, 2.24) is 24.9 Å². The predicted octanol–water partition coefficient (Wildman–Crippen LogP) is 5.81. The quantitative estimate of drug-likeness (QED) is 0.218. The van der Waals surface area contributed by atoms with Gasteiger partial charge in [0.2, 0.25) is 5.91 Å². The molecule has 0 bridgehead atoms. The van der Waals surface area contributed by atoms with Crippen molar-refractivity contribution in [1.29, 1.82) is 5.26 Å². The summed E-state index contributed by atoms with van der Waals surface area (Å²) < 4.78 is 7.08. The SMILES string of the molecule is C=CC(=O)N1CCN(C2C3CC[C@@]4(CC3NC(OCC3CCCN3C)N2C2CCCCCC2)Sc2ccccc2CC4Cl)CC1CC#N. The maximum atomic E-state index is 12.9. The Labute approximate surface area is 297 Å². The first-order valence-corrected chi connectivity index (χ1v) is 20.0. The number of thioether (sulfide) groups is 1. The average molecular weight is 695 g/mol. The van der Waals surface area contributed by atoms with Gasteiger partial charge in [-0.25, -0.2) is 4.90 Å². The number of hydrogen-bond acceptors (Lipinski definition) is 8. The summed E-state index contributed by atoms with van der Waals surface area (Å²) in [5.41, 5.74) is 1.38. The van der Waals surface area contributed by atoms with Crippen molar-refractivity contribution in [2.75, 3.05) is 39.8 Å². The van der Waals surface area contributed by atoms with Gasteiger partial charge in [-0.05, 0) is 82.7 Å². The number of amides is 1. The van der Waals surface area contributed by atoms with E-state index in [-0.39, 0.29) is 40.6 Å². The van der Waals surface area contributed by atoms with E-state index in [4.69, 9.17) is 16.3 Å². The molecule has 8 atom stereocenters. The highest BCUT2D eigenvalue weighted by molar-refractivity contribution is 8.01. The van der Waals surface area contributed by atoms with Gasteiger partial charge in [0.25, 0.3) is 0 Å². The third kappa shape index (κ3) is 6.97. The number of benzene rings is 1. The fraction of sp³-hybridized carbons (Fsp3) is 0.737. The lowest BCUT2D eigenvalue weighted by Crippen LogP contribution is -2.75. The van der Waals surface area contributed by atoms with Gasteiger partial charge in [0.15, 0.2) is 6.35 Å². The third-order valence-corrected chi connectivity index (χ3v) is 15.0. The molecule has 0 radical (unpaired) electrons. The summed E-state index contributed by atoms with van der Waals surface area (Å²) in [5, 5.41) is 14.1. The minimum atomic E-state index is -0.180. The van der Waals surface area contributed by atoms with Gasteiger partial charge in [-0.1, -0.05) is 50.5 Å². The Hall–Kier alpha value is -1.64. The van der Waals surface area contributed by atoms with E-state index >= 15 is 0 Å².